The molecule has 0 aliphatic carbocycles. The molecule has 0 spiro atoms. The van der Waals surface area contributed by atoms with Crippen LogP contribution in [0, 0.1) is 0 Å². The van der Waals surface area contributed by atoms with Crippen LogP contribution in [0.3, 0.4) is 0 Å². The molecule has 0 saturated heterocycles. The highest BCUT2D eigenvalue weighted by atomic mass is 79.9. The second-order valence-corrected chi connectivity index (χ2v) is 5.82. The van der Waals surface area contributed by atoms with E-state index in [2.05, 4.69) is 21.2 Å². The molecule has 0 aliphatic rings. The Hall–Kier alpha value is -1.04. The van der Waals surface area contributed by atoms with E-state index in [-0.39, 0.29) is 5.91 Å². The Bertz CT molecular complexity index is 615. The number of rotatable bonds is 5. The lowest BCUT2D eigenvalue weighted by molar-refractivity contribution is 0.103. The second-order valence-electron chi connectivity index (χ2n) is 3.94. The van der Waals surface area contributed by atoms with Gasteiger partial charge in [0.05, 0.1) is 11.6 Å². The van der Waals surface area contributed by atoms with E-state index < -0.39 is 0 Å². The molecule has 0 saturated carbocycles. The van der Waals surface area contributed by atoms with Crippen molar-refractivity contribution in [3.05, 3.63) is 45.1 Å². The maximum Gasteiger partial charge on any atom is 0.267 e. The Morgan fingerprint density at radius 3 is 2.85 bits per heavy atom. The van der Waals surface area contributed by atoms with Crippen LogP contribution in [-0.4, -0.2) is 12.5 Å². The summed E-state index contributed by atoms with van der Waals surface area (Å²) in [6.07, 6.45) is 0. The highest BCUT2D eigenvalue weighted by Gasteiger charge is 2.13. The predicted octanol–water partition coefficient (Wildman–Crippen LogP) is 4.95. The molecule has 106 valence electrons. The molecule has 1 aromatic heterocycles. The van der Waals surface area contributed by atoms with Crippen LogP contribution in [0.1, 0.15) is 22.2 Å². The number of thiophene rings is 1. The van der Waals surface area contributed by atoms with E-state index in [0.29, 0.717) is 21.8 Å². The van der Waals surface area contributed by atoms with Crippen LogP contribution in [0.4, 0.5) is 5.69 Å². The monoisotopic (exact) mass is 373 g/mol. The average molecular weight is 375 g/mol. The van der Waals surface area contributed by atoms with Crippen molar-refractivity contribution in [2.75, 3.05) is 11.9 Å². The summed E-state index contributed by atoms with van der Waals surface area (Å²) in [4.78, 5) is 12.6. The number of ether oxygens (including phenoxy) is 1. The average Bonchev–Trinajstić information content (AvgIpc) is 2.87. The Balaban J connectivity index is 2.18. The standard InChI is InChI=1S/C14H13BrClNO2S/c1-2-19-12-4-3-10(7-9(12)8-15)17-14(18)13-11(16)5-6-20-13/h3-7H,2,8H2,1H3,(H,17,18). The number of carbonyl (C=O) groups excluding carboxylic acids is 1. The largest absolute Gasteiger partial charge is 0.494 e. The molecule has 0 aliphatic heterocycles. The molecule has 3 nitrogen and oxygen atoms in total. The summed E-state index contributed by atoms with van der Waals surface area (Å²) in [5.41, 5.74) is 1.71. The molecule has 1 heterocycles. The van der Waals surface area contributed by atoms with Crippen molar-refractivity contribution in [2.24, 2.45) is 0 Å². The lowest BCUT2D eigenvalue weighted by Gasteiger charge is -2.11. The summed E-state index contributed by atoms with van der Waals surface area (Å²) in [7, 11) is 0. The fourth-order valence-electron chi connectivity index (χ4n) is 1.70. The van der Waals surface area contributed by atoms with Gasteiger partial charge in [0, 0.05) is 16.6 Å². The molecule has 0 unspecified atom stereocenters. The number of hydrogen-bond donors (Lipinski definition) is 1. The van der Waals surface area contributed by atoms with Crippen molar-refractivity contribution in [1.29, 1.82) is 0 Å². The Labute approximate surface area is 135 Å². The van der Waals surface area contributed by atoms with E-state index in [9.17, 15) is 4.79 Å². The zero-order chi connectivity index (χ0) is 14.5. The molecular weight excluding hydrogens is 362 g/mol. The lowest BCUT2D eigenvalue weighted by Crippen LogP contribution is -2.11. The first-order valence-electron chi connectivity index (χ1n) is 6.01. The van der Waals surface area contributed by atoms with E-state index in [1.165, 1.54) is 11.3 Å². The van der Waals surface area contributed by atoms with Crippen LogP contribution in [-0.2, 0) is 5.33 Å². The number of hydrogen-bond acceptors (Lipinski definition) is 3. The first kappa shape index (κ1) is 15.4. The molecule has 0 fully saturated rings. The normalized spacial score (nSPS) is 10.3. The highest BCUT2D eigenvalue weighted by Crippen LogP contribution is 2.27. The Kier molecular flexibility index (Phi) is 5.46. The van der Waals surface area contributed by atoms with Gasteiger partial charge in [0.2, 0.25) is 0 Å². The molecular formula is C14H13BrClNO2S. The van der Waals surface area contributed by atoms with Gasteiger partial charge in [-0.2, -0.15) is 0 Å². The Morgan fingerprint density at radius 2 is 2.25 bits per heavy atom. The van der Waals surface area contributed by atoms with Crippen LogP contribution >= 0.6 is 38.9 Å². The van der Waals surface area contributed by atoms with Crippen molar-refractivity contribution in [3.8, 4) is 5.75 Å². The number of nitrogens with one attached hydrogen (secondary N) is 1. The minimum absolute atomic E-state index is 0.199. The van der Waals surface area contributed by atoms with Crippen LogP contribution in [0.2, 0.25) is 5.02 Å². The molecule has 2 rings (SSSR count). The first-order chi connectivity index (χ1) is 9.65. The number of benzene rings is 1. The molecule has 6 heteroatoms. The van der Waals surface area contributed by atoms with Gasteiger partial charge < -0.3 is 10.1 Å². The molecule has 0 atom stereocenters. The summed E-state index contributed by atoms with van der Waals surface area (Å²) in [5, 5.41) is 5.76. The third-order valence-electron chi connectivity index (χ3n) is 2.59. The van der Waals surface area contributed by atoms with E-state index in [0.717, 1.165) is 17.0 Å². The molecule has 2 aromatic rings. The number of halogens is 2. The quantitative estimate of drug-likeness (QED) is 0.752. The number of alkyl halides is 1. The van der Waals surface area contributed by atoms with E-state index in [4.69, 9.17) is 16.3 Å². The molecule has 20 heavy (non-hydrogen) atoms. The fraction of sp³-hybridized carbons (Fsp3) is 0.214. The van der Waals surface area contributed by atoms with Gasteiger partial charge in [-0.3, -0.25) is 4.79 Å². The summed E-state index contributed by atoms with van der Waals surface area (Å²) >= 11 is 10.7. The summed E-state index contributed by atoms with van der Waals surface area (Å²) in [6.45, 7) is 2.54. The zero-order valence-corrected chi connectivity index (χ0v) is 13.9. The van der Waals surface area contributed by atoms with Gasteiger partial charge in [0.15, 0.2) is 0 Å². The maximum atomic E-state index is 12.1. The number of carbonyl (C=O) groups is 1. The van der Waals surface area contributed by atoms with Crippen molar-refractivity contribution < 1.29 is 9.53 Å². The summed E-state index contributed by atoms with van der Waals surface area (Å²) in [5.74, 6) is 0.617. The topological polar surface area (TPSA) is 38.3 Å². The zero-order valence-electron chi connectivity index (χ0n) is 10.8. The van der Waals surface area contributed by atoms with Gasteiger partial charge in [-0.25, -0.2) is 0 Å². The Morgan fingerprint density at radius 1 is 1.45 bits per heavy atom. The SMILES string of the molecule is CCOc1ccc(NC(=O)c2sccc2Cl)cc1CBr. The molecule has 0 radical (unpaired) electrons. The third kappa shape index (κ3) is 3.53. The minimum Gasteiger partial charge on any atom is -0.494 e. The molecule has 1 aromatic carbocycles. The molecule has 0 bridgehead atoms. The van der Waals surface area contributed by atoms with Crippen LogP contribution in [0.25, 0.3) is 0 Å². The van der Waals surface area contributed by atoms with Crippen LogP contribution in [0.15, 0.2) is 29.6 Å². The maximum absolute atomic E-state index is 12.1. The van der Waals surface area contributed by atoms with Crippen molar-refractivity contribution >= 4 is 50.5 Å². The summed E-state index contributed by atoms with van der Waals surface area (Å²) in [6, 6.07) is 7.27. The molecule has 1 amide bonds. The van der Waals surface area contributed by atoms with Gasteiger partial charge in [0.25, 0.3) is 5.91 Å². The van der Waals surface area contributed by atoms with E-state index in [1.807, 2.05) is 25.1 Å². The van der Waals surface area contributed by atoms with Crippen LogP contribution in [0.5, 0.6) is 5.75 Å². The van der Waals surface area contributed by atoms with Crippen molar-refractivity contribution in [1.82, 2.24) is 0 Å². The molecule has 1 N–H and O–H groups in total. The smallest absolute Gasteiger partial charge is 0.267 e. The van der Waals surface area contributed by atoms with E-state index in [1.54, 1.807) is 11.4 Å². The van der Waals surface area contributed by atoms with Gasteiger partial charge in [-0.05, 0) is 36.6 Å². The van der Waals surface area contributed by atoms with Crippen LogP contribution < -0.4 is 10.1 Å². The van der Waals surface area contributed by atoms with E-state index >= 15 is 0 Å². The predicted molar refractivity (Wildman–Crippen MR) is 87.5 cm³/mol. The summed E-state index contributed by atoms with van der Waals surface area (Å²) < 4.78 is 5.52. The van der Waals surface area contributed by atoms with Gasteiger partial charge in [-0.1, -0.05) is 27.5 Å². The van der Waals surface area contributed by atoms with Gasteiger partial charge in [0.1, 0.15) is 10.6 Å². The minimum atomic E-state index is -0.199. The van der Waals surface area contributed by atoms with Gasteiger partial charge >= 0.3 is 0 Å². The highest BCUT2D eigenvalue weighted by molar-refractivity contribution is 9.08. The second kappa shape index (κ2) is 7.11. The lowest BCUT2D eigenvalue weighted by atomic mass is 10.2. The number of anilines is 1. The van der Waals surface area contributed by atoms with Gasteiger partial charge in [-0.15, -0.1) is 11.3 Å². The number of amides is 1. The van der Waals surface area contributed by atoms with Crippen molar-refractivity contribution in [2.45, 2.75) is 12.3 Å². The third-order valence-corrected chi connectivity index (χ3v) is 4.53. The first-order valence-corrected chi connectivity index (χ1v) is 8.39. The van der Waals surface area contributed by atoms with Crippen molar-refractivity contribution in [3.63, 3.8) is 0 Å². The fourth-order valence-corrected chi connectivity index (χ4v) is 3.18.